The molecule has 0 unspecified atom stereocenters. The minimum absolute atomic E-state index is 0.0337. The maximum atomic E-state index is 13.3. The first-order valence-electron chi connectivity index (χ1n) is 7.20. The number of nitrogen functional groups attached to an aromatic ring is 2. The van der Waals surface area contributed by atoms with E-state index >= 15 is 0 Å². The van der Waals surface area contributed by atoms with Gasteiger partial charge in [0.2, 0.25) is 9.84 Å². The molecule has 0 saturated carbocycles. The summed E-state index contributed by atoms with van der Waals surface area (Å²) in [5, 5.41) is 0. The lowest BCUT2D eigenvalue weighted by atomic mass is 10.1. The SMILES string of the molecule is Nc1cccc(S(=O)(=O)c2cccc(N)c2CC(Cl)Cl)c1CC(Cl)Cl. The van der Waals surface area contributed by atoms with Crippen LogP contribution in [0.5, 0.6) is 0 Å². The van der Waals surface area contributed by atoms with E-state index in [0.29, 0.717) is 22.5 Å². The van der Waals surface area contributed by atoms with Crippen LogP contribution in [0.15, 0.2) is 46.2 Å². The molecule has 0 heterocycles. The summed E-state index contributed by atoms with van der Waals surface area (Å²) in [7, 11) is -3.93. The minimum Gasteiger partial charge on any atom is -0.398 e. The summed E-state index contributed by atoms with van der Waals surface area (Å²) in [5.41, 5.74) is 13.2. The van der Waals surface area contributed by atoms with Crippen LogP contribution in [0.1, 0.15) is 11.1 Å². The van der Waals surface area contributed by atoms with Crippen LogP contribution in [0.2, 0.25) is 0 Å². The molecule has 2 aromatic rings. The second-order valence-electron chi connectivity index (χ2n) is 5.34. The summed E-state index contributed by atoms with van der Waals surface area (Å²) in [6.07, 6.45) is 0.186. The summed E-state index contributed by atoms with van der Waals surface area (Å²) >= 11 is 23.4. The van der Waals surface area contributed by atoms with E-state index in [0.717, 1.165) is 0 Å². The molecular weight excluding hydrogens is 426 g/mol. The Hall–Kier alpha value is -0.850. The molecule has 0 saturated heterocycles. The Kier molecular flexibility index (Phi) is 6.74. The van der Waals surface area contributed by atoms with Crippen molar-refractivity contribution in [1.29, 1.82) is 0 Å². The number of rotatable bonds is 6. The summed E-state index contributed by atoms with van der Waals surface area (Å²) < 4.78 is 26.5. The highest BCUT2D eigenvalue weighted by Gasteiger charge is 2.27. The maximum Gasteiger partial charge on any atom is 0.207 e. The molecule has 0 fully saturated rings. The van der Waals surface area contributed by atoms with E-state index in [4.69, 9.17) is 57.9 Å². The molecule has 0 aliphatic carbocycles. The number of anilines is 2. The van der Waals surface area contributed by atoms with Crippen LogP contribution >= 0.6 is 46.4 Å². The van der Waals surface area contributed by atoms with E-state index in [1.54, 1.807) is 24.3 Å². The highest BCUT2D eigenvalue weighted by molar-refractivity contribution is 7.91. The Morgan fingerprint density at radius 2 is 1.12 bits per heavy atom. The predicted octanol–water partition coefficient (Wildman–Crippen LogP) is 4.38. The maximum absolute atomic E-state index is 13.3. The van der Waals surface area contributed by atoms with Gasteiger partial charge in [-0.15, -0.1) is 46.4 Å². The number of nitrogens with two attached hydrogens (primary N) is 2. The van der Waals surface area contributed by atoms with Gasteiger partial charge < -0.3 is 11.5 Å². The van der Waals surface area contributed by atoms with Gasteiger partial charge in [-0.1, -0.05) is 12.1 Å². The first-order chi connectivity index (χ1) is 11.6. The van der Waals surface area contributed by atoms with Crippen molar-refractivity contribution in [1.82, 2.24) is 0 Å². The average molecular weight is 442 g/mol. The van der Waals surface area contributed by atoms with Crippen LogP contribution in [0, 0.1) is 0 Å². The normalized spacial score (nSPS) is 12.1. The van der Waals surface area contributed by atoms with E-state index < -0.39 is 19.5 Å². The van der Waals surface area contributed by atoms with E-state index in [-0.39, 0.29) is 22.6 Å². The van der Waals surface area contributed by atoms with Crippen molar-refractivity contribution in [2.24, 2.45) is 0 Å². The van der Waals surface area contributed by atoms with Crippen LogP contribution in [-0.2, 0) is 22.7 Å². The van der Waals surface area contributed by atoms with E-state index in [9.17, 15) is 8.42 Å². The Morgan fingerprint density at radius 1 is 0.760 bits per heavy atom. The van der Waals surface area contributed by atoms with Gasteiger partial charge in [0.1, 0.15) is 9.67 Å². The molecule has 0 radical (unpaired) electrons. The third-order valence-electron chi connectivity index (χ3n) is 3.63. The van der Waals surface area contributed by atoms with Gasteiger partial charge >= 0.3 is 0 Å². The van der Waals surface area contributed by atoms with Crippen molar-refractivity contribution in [2.75, 3.05) is 11.5 Å². The van der Waals surface area contributed by atoms with Crippen molar-refractivity contribution in [3.05, 3.63) is 47.5 Å². The third-order valence-corrected chi connectivity index (χ3v) is 6.17. The monoisotopic (exact) mass is 440 g/mol. The molecule has 2 aromatic carbocycles. The molecule has 0 spiro atoms. The number of sulfone groups is 1. The van der Waals surface area contributed by atoms with E-state index in [1.807, 2.05) is 0 Å². The molecule has 136 valence electrons. The highest BCUT2D eigenvalue weighted by Crippen LogP contribution is 2.34. The zero-order valence-corrected chi connectivity index (χ0v) is 16.8. The van der Waals surface area contributed by atoms with Gasteiger partial charge in [-0.3, -0.25) is 0 Å². The lowest BCUT2D eigenvalue weighted by Gasteiger charge is -2.17. The Bertz CT molecular complexity index is 805. The van der Waals surface area contributed by atoms with Crippen molar-refractivity contribution >= 4 is 67.6 Å². The summed E-state index contributed by atoms with van der Waals surface area (Å²) in [5.74, 6) is 0. The Morgan fingerprint density at radius 3 is 1.44 bits per heavy atom. The molecule has 0 aliphatic rings. The molecule has 0 amide bonds. The lowest BCUT2D eigenvalue weighted by molar-refractivity contribution is 0.594. The molecule has 0 bridgehead atoms. The summed E-state index contributed by atoms with van der Waals surface area (Å²) in [6, 6.07) is 9.23. The number of benzene rings is 2. The first-order valence-corrected chi connectivity index (χ1v) is 10.4. The Labute approximate surface area is 166 Å². The van der Waals surface area contributed by atoms with Crippen LogP contribution in [0.3, 0.4) is 0 Å². The van der Waals surface area contributed by atoms with Crippen LogP contribution in [0.25, 0.3) is 0 Å². The van der Waals surface area contributed by atoms with Crippen LogP contribution in [0.4, 0.5) is 11.4 Å². The molecule has 2 rings (SSSR count). The third kappa shape index (κ3) is 4.66. The standard InChI is InChI=1S/C16H16Cl4N2O2S/c17-15(18)7-9-11(21)3-1-5-13(9)25(23,24)14-6-2-4-12(22)10(14)8-16(19)20/h1-6,15-16H,7-8,21-22H2. The predicted molar refractivity (Wildman–Crippen MR) is 106 cm³/mol. The van der Waals surface area contributed by atoms with Crippen molar-refractivity contribution in [3.8, 4) is 0 Å². The van der Waals surface area contributed by atoms with Gasteiger partial charge in [-0.25, -0.2) is 8.42 Å². The van der Waals surface area contributed by atoms with Gasteiger partial charge in [-0.2, -0.15) is 0 Å². The van der Waals surface area contributed by atoms with Crippen molar-refractivity contribution < 1.29 is 8.42 Å². The van der Waals surface area contributed by atoms with E-state index in [1.165, 1.54) is 12.1 Å². The topological polar surface area (TPSA) is 86.2 Å². The van der Waals surface area contributed by atoms with Crippen LogP contribution in [-0.4, -0.2) is 18.1 Å². The summed E-state index contributed by atoms with van der Waals surface area (Å²) in [6.45, 7) is 0. The molecular formula is C16H16Cl4N2O2S. The van der Waals surface area contributed by atoms with E-state index in [2.05, 4.69) is 0 Å². The largest absolute Gasteiger partial charge is 0.398 e. The zero-order valence-electron chi connectivity index (χ0n) is 12.9. The molecule has 0 atom stereocenters. The number of halogens is 4. The minimum atomic E-state index is -3.93. The van der Waals surface area contributed by atoms with Gasteiger partial charge in [0.15, 0.2) is 0 Å². The van der Waals surface area contributed by atoms with Gasteiger partial charge in [0, 0.05) is 24.2 Å². The fourth-order valence-corrected chi connectivity index (χ4v) is 4.95. The van der Waals surface area contributed by atoms with Gasteiger partial charge in [-0.05, 0) is 35.4 Å². The summed E-state index contributed by atoms with van der Waals surface area (Å²) in [4.78, 5) is -1.53. The molecule has 0 aliphatic heterocycles. The molecule has 4 N–H and O–H groups in total. The second-order valence-corrected chi connectivity index (χ2v) is 9.78. The molecule has 25 heavy (non-hydrogen) atoms. The quantitative estimate of drug-likeness (QED) is 0.514. The first kappa shape index (κ1) is 20.5. The fraction of sp³-hybridized carbons (Fsp3) is 0.250. The molecule has 4 nitrogen and oxygen atoms in total. The highest BCUT2D eigenvalue weighted by atomic mass is 35.5. The second kappa shape index (κ2) is 8.23. The molecule has 0 aromatic heterocycles. The van der Waals surface area contributed by atoms with Crippen molar-refractivity contribution in [2.45, 2.75) is 32.3 Å². The number of hydrogen-bond donors (Lipinski definition) is 2. The molecule has 9 heteroatoms. The Balaban J connectivity index is 2.69. The number of hydrogen-bond acceptors (Lipinski definition) is 4. The van der Waals surface area contributed by atoms with Crippen molar-refractivity contribution in [3.63, 3.8) is 0 Å². The average Bonchev–Trinajstić information content (AvgIpc) is 2.50. The fourth-order valence-electron chi connectivity index (χ4n) is 2.53. The lowest BCUT2D eigenvalue weighted by Crippen LogP contribution is -2.14. The smallest absolute Gasteiger partial charge is 0.207 e. The van der Waals surface area contributed by atoms with Gasteiger partial charge in [0.25, 0.3) is 0 Å². The van der Waals surface area contributed by atoms with Crippen LogP contribution < -0.4 is 11.5 Å². The zero-order chi connectivity index (χ0) is 18.8. The van der Waals surface area contributed by atoms with Gasteiger partial charge in [0.05, 0.1) is 9.79 Å². The number of alkyl halides is 4.